The maximum atomic E-state index is 14.0. The van der Waals surface area contributed by atoms with E-state index < -0.39 is 47.5 Å². The molecule has 5 rings (SSSR count). The van der Waals surface area contributed by atoms with Gasteiger partial charge in [-0.1, -0.05) is 18.2 Å². The number of amides is 5. The van der Waals surface area contributed by atoms with Crippen LogP contribution in [0.15, 0.2) is 41.2 Å². The first-order chi connectivity index (χ1) is 23.8. The van der Waals surface area contributed by atoms with Crippen LogP contribution in [0.2, 0.25) is 0 Å². The van der Waals surface area contributed by atoms with Gasteiger partial charge < -0.3 is 21.7 Å². The summed E-state index contributed by atoms with van der Waals surface area (Å²) < 4.78 is 30.6. The Morgan fingerprint density at radius 3 is 2.43 bits per heavy atom. The van der Waals surface area contributed by atoms with E-state index in [1.807, 2.05) is 18.2 Å². The summed E-state index contributed by atoms with van der Waals surface area (Å²) in [7, 11) is 1.68. The molecule has 2 saturated heterocycles. The summed E-state index contributed by atoms with van der Waals surface area (Å²) in [5, 5.41) is 4.98. The summed E-state index contributed by atoms with van der Waals surface area (Å²) in [5.41, 5.74) is 13.5. The number of halogens is 3. The zero-order chi connectivity index (χ0) is 36.1. The van der Waals surface area contributed by atoms with Crippen LogP contribution in [0.4, 0.5) is 8.78 Å². The fraction of sp³-hybridized carbons (Fsp3) is 0.486. The number of aryl methyl sites for hydroxylation is 2. The highest BCUT2D eigenvalue weighted by Crippen LogP contribution is 2.28. The van der Waals surface area contributed by atoms with Gasteiger partial charge in [0.2, 0.25) is 29.5 Å². The largest absolute Gasteiger partial charge is 0.370 e. The number of piperidine rings is 2. The van der Waals surface area contributed by atoms with Crippen LogP contribution in [0, 0.1) is 17.6 Å². The van der Waals surface area contributed by atoms with Crippen LogP contribution in [0.1, 0.15) is 68.5 Å². The molecule has 3 heterocycles. The van der Waals surface area contributed by atoms with Gasteiger partial charge in [-0.2, -0.15) is 0 Å². The molecule has 1 aromatic heterocycles. The van der Waals surface area contributed by atoms with Gasteiger partial charge in [-0.3, -0.25) is 38.4 Å². The number of nitrogens with zero attached hydrogens (tertiary/aromatic N) is 3. The van der Waals surface area contributed by atoms with Gasteiger partial charge in [0.15, 0.2) is 11.6 Å². The molecule has 0 spiro atoms. The number of rotatable bonds is 13. The van der Waals surface area contributed by atoms with E-state index >= 15 is 0 Å². The summed E-state index contributed by atoms with van der Waals surface area (Å²) in [6, 6.07) is 6.04. The van der Waals surface area contributed by atoms with E-state index in [9.17, 15) is 37.5 Å². The highest BCUT2D eigenvalue weighted by Gasteiger charge is 2.33. The van der Waals surface area contributed by atoms with Crippen molar-refractivity contribution in [2.24, 2.45) is 24.4 Å². The van der Waals surface area contributed by atoms with E-state index in [4.69, 9.17) is 11.5 Å². The second-order valence-corrected chi connectivity index (χ2v) is 13.2. The Morgan fingerprint density at radius 2 is 1.76 bits per heavy atom. The number of carbonyl (C=O) groups is 5. The first-order valence-corrected chi connectivity index (χ1v) is 16.9. The number of nitrogens with one attached hydrogen (secondary N) is 2. The van der Waals surface area contributed by atoms with Gasteiger partial charge in [0, 0.05) is 39.4 Å². The fourth-order valence-corrected chi connectivity index (χ4v) is 7.00. The third kappa shape index (κ3) is 9.19. The number of hydrogen-bond acceptors (Lipinski definition) is 7. The molecule has 16 heteroatoms. The smallest absolute Gasteiger partial charge is 0.329 e. The average molecular weight is 732 g/mol. The normalized spacial score (nSPS) is 17.8. The van der Waals surface area contributed by atoms with Gasteiger partial charge in [0.05, 0.1) is 17.1 Å². The third-order valence-corrected chi connectivity index (χ3v) is 9.77. The van der Waals surface area contributed by atoms with Crippen molar-refractivity contribution in [3.8, 4) is 0 Å². The van der Waals surface area contributed by atoms with Gasteiger partial charge >= 0.3 is 5.69 Å². The van der Waals surface area contributed by atoms with Crippen molar-refractivity contribution in [2.75, 3.05) is 13.1 Å². The molecule has 2 fully saturated rings. The van der Waals surface area contributed by atoms with Crippen LogP contribution >= 0.6 is 12.4 Å². The second kappa shape index (κ2) is 17.1. The summed E-state index contributed by atoms with van der Waals surface area (Å²) in [5.74, 6) is -4.21. The summed E-state index contributed by atoms with van der Waals surface area (Å²) in [6.45, 7) is 0.889. The van der Waals surface area contributed by atoms with E-state index in [1.54, 1.807) is 16.5 Å². The van der Waals surface area contributed by atoms with Gasteiger partial charge in [-0.05, 0) is 80.2 Å². The SMILES string of the molecule is Cl.Cn1c(=O)n(C2CCC(=O)NC2=O)c2cccc(CCCC3CCN(C(=O)[C@H](Cc4ccc(F)c(F)c4)NC(=O)[C@@H](N)CCC(N)=O)CC3)c21. The molecule has 2 aliphatic heterocycles. The lowest BCUT2D eigenvalue weighted by atomic mass is 9.90. The number of likely N-dealkylation sites (tertiary alicyclic amines) is 1. The number of carbonyl (C=O) groups excluding carboxylic acids is 5. The Balaban J connectivity index is 0.00000583. The molecule has 3 atom stereocenters. The number of hydrogen-bond donors (Lipinski definition) is 4. The molecule has 0 aliphatic carbocycles. The van der Waals surface area contributed by atoms with E-state index in [-0.39, 0.29) is 62.0 Å². The van der Waals surface area contributed by atoms with Crippen molar-refractivity contribution in [2.45, 2.75) is 82.3 Å². The summed E-state index contributed by atoms with van der Waals surface area (Å²) in [6.07, 6.45) is 4.09. The molecule has 51 heavy (non-hydrogen) atoms. The Morgan fingerprint density at radius 1 is 1.04 bits per heavy atom. The van der Waals surface area contributed by atoms with Crippen molar-refractivity contribution in [1.82, 2.24) is 24.7 Å². The molecule has 13 nitrogen and oxygen atoms in total. The van der Waals surface area contributed by atoms with Crippen molar-refractivity contribution in [3.05, 3.63) is 69.6 Å². The Kier molecular flexibility index (Phi) is 13.1. The van der Waals surface area contributed by atoms with Crippen molar-refractivity contribution >= 4 is 53.0 Å². The first-order valence-electron chi connectivity index (χ1n) is 16.9. The summed E-state index contributed by atoms with van der Waals surface area (Å²) in [4.78, 5) is 76.8. The van der Waals surface area contributed by atoms with Crippen molar-refractivity contribution in [1.29, 1.82) is 0 Å². The van der Waals surface area contributed by atoms with E-state index in [0.29, 0.717) is 36.5 Å². The van der Waals surface area contributed by atoms with E-state index in [2.05, 4.69) is 10.6 Å². The van der Waals surface area contributed by atoms with Crippen molar-refractivity contribution < 1.29 is 32.8 Å². The Bertz CT molecular complexity index is 1860. The lowest BCUT2D eigenvalue weighted by Gasteiger charge is -2.35. The molecule has 3 aromatic rings. The van der Waals surface area contributed by atoms with E-state index in [1.165, 1.54) is 10.6 Å². The number of para-hydroxylation sites is 1. The molecule has 0 saturated carbocycles. The van der Waals surface area contributed by atoms with Gasteiger partial charge in [0.25, 0.3) is 0 Å². The van der Waals surface area contributed by atoms with Crippen LogP contribution in [0.3, 0.4) is 0 Å². The minimum Gasteiger partial charge on any atom is -0.370 e. The zero-order valence-electron chi connectivity index (χ0n) is 28.4. The predicted octanol–water partition coefficient (Wildman–Crippen LogP) is 1.90. The Labute approximate surface area is 299 Å². The number of fused-ring (bicyclic) bond motifs is 1. The van der Waals surface area contributed by atoms with E-state index in [0.717, 1.165) is 48.9 Å². The maximum Gasteiger partial charge on any atom is 0.329 e. The van der Waals surface area contributed by atoms with Crippen molar-refractivity contribution in [3.63, 3.8) is 0 Å². The summed E-state index contributed by atoms with van der Waals surface area (Å²) >= 11 is 0. The molecule has 2 aliphatic rings. The Hall–Kier alpha value is -4.63. The number of imidazole rings is 1. The maximum absolute atomic E-state index is 14.0. The van der Waals surface area contributed by atoms with Crippen LogP contribution in [0.5, 0.6) is 0 Å². The molecule has 0 bridgehead atoms. The number of primary amides is 1. The van der Waals surface area contributed by atoms with Gasteiger partial charge in [0.1, 0.15) is 12.1 Å². The van der Waals surface area contributed by atoms with Gasteiger partial charge in [-0.25, -0.2) is 13.6 Å². The predicted molar refractivity (Wildman–Crippen MR) is 186 cm³/mol. The quantitative estimate of drug-likeness (QED) is 0.193. The third-order valence-electron chi connectivity index (χ3n) is 9.77. The van der Waals surface area contributed by atoms with Crippen LogP contribution in [-0.2, 0) is 43.9 Å². The molecule has 1 unspecified atom stereocenters. The molecule has 6 N–H and O–H groups in total. The molecule has 5 amide bonds. The second-order valence-electron chi connectivity index (χ2n) is 13.2. The zero-order valence-corrected chi connectivity index (χ0v) is 29.2. The number of benzene rings is 2. The van der Waals surface area contributed by atoms with Crippen LogP contribution in [-0.4, -0.2) is 68.7 Å². The average Bonchev–Trinajstić information content (AvgIpc) is 3.34. The fourth-order valence-electron chi connectivity index (χ4n) is 7.00. The monoisotopic (exact) mass is 731 g/mol. The van der Waals surface area contributed by atoms with Crippen LogP contribution < -0.4 is 27.8 Å². The highest BCUT2D eigenvalue weighted by atomic mass is 35.5. The molecular formula is C35H44ClF2N7O6. The molecule has 276 valence electrons. The standard InChI is InChI=1S/C35H43F2N7O6.ClH/c1-42-31-22(6-3-7-27(31)44(35(42)50)28-11-13-30(46)41-33(28)48)5-2-4-20-14-16-43(17-15-20)34(49)26(19-21-8-9-23(36)24(37)18-21)40-32(47)25(38)10-12-29(39)45;/h3,6-9,18,20,25-26,28H,2,4-5,10-17,19,38H2,1H3,(H2,39,45)(H,40,47)(H,41,46,48);1H/t25-,26-,28?;/m0./s1. The minimum atomic E-state index is -1.09. The minimum absolute atomic E-state index is 0. The lowest BCUT2D eigenvalue weighted by molar-refractivity contribution is -0.138. The first kappa shape index (κ1) is 39.2. The highest BCUT2D eigenvalue weighted by molar-refractivity contribution is 6.00. The van der Waals surface area contributed by atoms with Crippen LogP contribution in [0.25, 0.3) is 11.0 Å². The molecule has 0 radical (unpaired) electrons. The molecular weight excluding hydrogens is 688 g/mol. The molecule has 2 aromatic carbocycles. The number of aromatic nitrogens is 2. The topological polar surface area (TPSA) is 192 Å². The number of nitrogens with two attached hydrogens (primary N) is 2. The lowest BCUT2D eigenvalue weighted by Crippen LogP contribution is -2.54. The van der Waals surface area contributed by atoms with Gasteiger partial charge in [-0.15, -0.1) is 12.4 Å². The number of imide groups is 1.